The van der Waals surface area contributed by atoms with Crippen molar-refractivity contribution in [3.63, 3.8) is 0 Å². The van der Waals surface area contributed by atoms with Crippen LogP contribution < -0.4 is 0 Å². The van der Waals surface area contributed by atoms with Gasteiger partial charge in [0.2, 0.25) is 5.89 Å². The number of nitrogens with zero attached hydrogens (tertiary/aromatic N) is 6. The Kier molecular flexibility index (Phi) is 6.91. The molecule has 1 aliphatic heterocycles. The molecule has 0 spiro atoms. The molecule has 0 bridgehead atoms. The van der Waals surface area contributed by atoms with E-state index in [0.29, 0.717) is 47.1 Å². The van der Waals surface area contributed by atoms with Gasteiger partial charge in [0.15, 0.2) is 16.7 Å². The highest BCUT2D eigenvalue weighted by molar-refractivity contribution is 7.98. The van der Waals surface area contributed by atoms with Gasteiger partial charge >= 0.3 is 0 Å². The number of carbonyl (C=O) groups is 1. The molecule has 1 saturated heterocycles. The smallest absolute Gasteiger partial charge is 0.275 e. The number of thioether (sulfide) groups is 1. The third-order valence-corrected chi connectivity index (χ3v) is 6.87. The normalized spacial score (nSPS) is 14.4. The monoisotopic (exact) mass is 492 g/mol. The van der Waals surface area contributed by atoms with E-state index in [1.165, 1.54) is 24.1 Å². The van der Waals surface area contributed by atoms with Gasteiger partial charge in [-0.2, -0.15) is 0 Å². The fourth-order valence-electron chi connectivity index (χ4n) is 4.02. The zero-order chi connectivity index (χ0) is 24.2. The number of piperazine rings is 1. The molecule has 35 heavy (non-hydrogen) atoms. The number of amides is 1. The molecule has 2 aromatic carbocycles. The minimum atomic E-state index is -0.376. The van der Waals surface area contributed by atoms with Crippen LogP contribution in [0.5, 0.6) is 0 Å². The van der Waals surface area contributed by atoms with Gasteiger partial charge in [-0.3, -0.25) is 9.36 Å². The quantitative estimate of drug-likeness (QED) is 0.359. The maximum absolute atomic E-state index is 14.7. The summed E-state index contributed by atoms with van der Waals surface area (Å²) >= 11 is 1.32. The summed E-state index contributed by atoms with van der Waals surface area (Å²) in [5, 5.41) is 9.15. The molecular formula is C25H25FN6O2S. The molecule has 0 radical (unpaired) electrons. The second-order valence-corrected chi connectivity index (χ2v) is 9.04. The van der Waals surface area contributed by atoms with E-state index in [4.69, 9.17) is 4.42 Å². The number of likely N-dealkylation sites (N-methyl/N-ethyl adjacent to an activating group) is 1. The summed E-state index contributed by atoms with van der Waals surface area (Å²) in [5.74, 6) is 0.751. The summed E-state index contributed by atoms with van der Waals surface area (Å²) in [7, 11) is 0. The number of hydrogen-bond acceptors (Lipinski definition) is 7. The van der Waals surface area contributed by atoms with Gasteiger partial charge in [-0.25, -0.2) is 9.37 Å². The van der Waals surface area contributed by atoms with Crippen LogP contribution >= 0.6 is 11.8 Å². The van der Waals surface area contributed by atoms with Crippen molar-refractivity contribution in [2.45, 2.75) is 17.8 Å². The zero-order valence-corrected chi connectivity index (χ0v) is 20.1. The second-order valence-electron chi connectivity index (χ2n) is 8.10. The highest BCUT2D eigenvalue weighted by atomic mass is 32.2. The molecule has 0 saturated carbocycles. The number of aromatic nitrogens is 4. The van der Waals surface area contributed by atoms with E-state index in [9.17, 15) is 9.18 Å². The fraction of sp³-hybridized carbons (Fsp3) is 0.280. The molecule has 1 aliphatic rings. The van der Waals surface area contributed by atoms with Crippen molar-refractivity contribution in [2.24, 2.45) is 0 Å². The van der Waals surface area contributed by atoms with E-state index in [-0.39, 0.29) is 11.7 Å². The molecule has 1 amide bonds. The number of rotatable bonds is 7. The second kappa shape index (κ2) is 10.4. The van der Waals surface area contributed by atoms with Crippen molar-refractivity contribution in [1.29, 1.82) is 0 Å². The van der Waals surface area contributed by atoms with Crippen LogP contribution in [0.25, 0.3) is 17.1 Å². The van der Waals surface area contributed by atoms with Gasteiger partial charge in [0, 0.05) is 31.7 Å². The van der Waals surface area contributed by atoms with Crippen LogP contribution in [0.2, 0.25) is 0 Å². The molecule has 5 rings (SSSR count). The molecule has 4 aromatic rings. The molecule has 1 fully saturated rings. The molecule has 2 aromatic heterocycles. The van der Waals surface area contributed by atoms with Gasteiger partial charge in [-0.1, -0.05) is 61.2 Å². The third kappa shape index (κ3) is 4.98. The van der Waals surface area contributed by atoms with Crippen LogP contribution in [0.3, 0.4) is 0 Å². The van der Waals surface area contributed by atoms with Gasteiger partial charge < -0.3 is 14.2 Å². The SMILES string of the molecule is CCN1CCN(C(=O)c2coc(CSc3nnc(-c4ccccc4)n3-c3ccccc3F)n2)CC1. The van der Waals surface area contributed by atoms with Crippen molar-refractivity contribution in [3.05, 3.63) is 78.3 Å². The van der Waals surface area contributed by atoms with Crippen LogP contribution in [-0.4, -0.2) is 68.2 Å². The van der Waals surface area contributed by atoms with Crippen molar-refractivity contribution >= 4 is 17.7 Å². The summed E-state index contributed by atoms with van der Waals surface area (Å²) in [6, 6.07) is 16.0. The Morgan fingerprint density at radius 2 is 1.77 bits per heavy atom. The third-order valence-electron chi connectivity index (χ3n) is 5.96. The number of carbonyl (C=O) groups excluding carboxylic acids is 1. The van der Waals surface area contributed by atoms with E-state index < -0.39 is 0 Å². The number of halogens is 1. The van der Waals surface area contributed by atoms with Crippen LogP contribution in [0.1, 0.15) is 23.3 Å². The van der Waals surface area contributed by atoms with Crippen molar-refractivity contribution in [3.8, 4) is 17.1 Å². The summed E-state index contributed by atoms with van der Waals surface area (Å²) < 4.78 is 22.0. The number of para-hydroxylation sites is 1. The average Bonchev–Trinajstić information content (AvgIpc) is 3.55. The lowest BCUT2D eigenvalue weighted by Crippen LogP contribution is -2.48. The Labute approximate surface area is 206 Å². The topological polar surface area (TPSA) is 80.3 Å². The lowest BCUT2D eigenvalue weighted by atomic mass is 10.2. The fourth-order valence-corrected chi connectivity index (χ4v) is 4.82. The van der Waals surface area contributed by atoms with Crippen LogP contribution in [0, 0.1) is 5.82 Å². The van der Waals surface area contributed by atoms with Gasteiger partial charge in [0.1, 0.15) is 12.1 Å². The lowest BCUT2D eigenvalue weighted by molar-refractivity contribution is 0.0637. The van der Waals surface area contributed by atoms with Gasteiger partial charge in [-0.05, 0) is 18.7 Å². The zero-order valence-electron chi connectivity index (χ0n) is 19.3. The van der Waals surface area contributed by atoms with E-state index >= 15 is 0 Å². The minimum Gasteiger partial charge on any atom is -0.447 e. The summed E-state index contributed by atoms with van der Waals surface area (Å²) in [5.41, 5.74) is 1.47. The number of benzene rings is 2. The molecular weight excluding hydrogens is 467 g/mol. The van der Waals surface area contributed by atoms with Gasteiger partial charge in [0.25, 0.3) is 5.91 Å². The predicted octanol–water partition coefficient (Wildman–Crippen LogP) is 4.13. The highest BCUT2D eigenvalue weighted by Gasteiger charge is 2.24. The van der Waals surface area contributed by atoms with Crippen LogP contribution in [0.4, 0.5) is 4.39 Å². The van der Waals surface area contributed by atoms with E-state index in [0.717, 1.165) is 25.2 Å². The molecule has 0 aliphatic carbocycles. The Bertz CT molecular complexity index is 1300. The lowest BCUT2D eigenvalue weighted by Gasteiger charge is -2.33. The van der Waals surface area contributed by atoms with E-state index in [1.807, 2.05) is 35.2 Å². The molecule has 10 heteroatoms. The molecule has 8 nitrogen and oxygen atoms in total. The first-order valence-corrected chi connectivity index (χ1v) is 12.5. The van der Waals surface area contributed by atoms with Crippen LogP contribution in [0.15, 0.2) is 70.4 Å². The Morgan fingerprint density at radius 1 is 1.03 bits per heavy atom. The first-order chi connectivity index (χ1) is 17.1. The summed E-state index contributed by atoms with van der Waals surface area (Å²) in [4.78, 5) is 21.3. The minimum absolute atomic E-state index is 0.123. The molecule has 0 atom stereocenters. The van der Waals surface area contributed by atoms with Gasteiger partial charge in [0.05, 0.1) is 11.4 Å². The molecule has 0 N–H and O–H groups in total. The Morgan fingerprint density at radius 3 is 2.51 bits per heavy atom. The predicted molar refractivity (Wildman–Crippen MR) is 131 cm³/mol. The molecule has 0 unspecified atom stereocenters. The summed E-state index contributed by atoms with van der Waals surface area (Å²) in [6.07, 6.45) is 1.40. The first-order valence-electron chi connectivity index (χ1n) is 11.5. The Hall–Kier alpha value is -3.50. The van der Waals surface area contributed by atoms with Gasteiger partial charge in [-0.15, -0.1) is 10.2 Å². The van der Waals surface area contributed by atoms with E-state index in [2.05, 4.69) is 27.0 Å². The molecule has 180 valence electrons. The van der Waals surface area contributed by atoms with Crippen molar-refractivity contribution < 1.29 is 13.6 Å². The van der Waals surface area contributed by atoms with E-state index in [1.54, 1.807) is 22.8 Å². The number of oxazole rings is 1. The van der Waals surface area contributed by atoms with Crippen molar-refractivity contribution in [2.75, 3.05) is 32.7 Å². The Balaban J connectivity index is 1.35. The maximum atomic E-state index is 14.7. The summed E-state index contributed by atoms with van der Waals surface area (Å²) in [6.45, 7) is 6.18. The van der Waals surface area contributed by atoms with Crippen molar-refractivity contribution in [1.82, 2.24) is 29.5 Å². The maximum Gasteiger partial charge on any atom is 0.275 e. The van der Waals surface area contributed by atoms with Crippen LogP contribution in [-0.2, 0) is 5.75 Å². The standard InChI is InChI=1S/C25H25FN6O2S/c1-2-30-12-14-31(15-13-30)24(33)20-16-34-22(27-20)17-35-25-29-28-23(18-8-4-3-5-9-18)32(25)21-11-7-6-10-19(21)26/h3-11,16H,2,12-15,17H2,1H3. The average molecular weight is 493 g/mol. The molecule has 3 heterocycles. The first kappa shape index (κ1) is 23.3. The highest BCUT2D eigenvalue weighted by Crippen LogP contribution is 2.30. The largest absolute Gasteiger partial charge is 0.447 e. The number of hydrogen-bond donors (Lipinski definition) is 0.